The van der Waals surface area contributed by atoms with E-state index < -0.39 is 17.3 Å². The zero-order chi connectivity index (χ0) is 21.3. The van der Waals surface area contributed by atoms with E-state index in [-0.39, 0.29) is 24.4 Å². The molecule has 0 N–H and O–H groups in total. The van der Waals surface area contributed by atoms with E-state index in [2.05, 4.69) is 10.1 Å². The van der Waals surface area contributed by atoms with Gasteiger partial charge in [0.25, 0.3) is 5.56 Å². The van der Waals surface area contributed by atoms with Crippen LogP contribution in [-0.4, -0.2) is 51.7 Å². The van der Waals surface area contributed by atoms with Crippen molar-refractivity contribution >= 4 is 22.2 Å². The minimum atomic E-state index is -4.42. The minimum Gasteiger partial charge on any atom is -0.378 e. The van der Waals surface area contributed by atoms with Crippen molar-refractivity contribution < 1.29 is 22.7 Å². The monoisotopic (exact) mass is 438 g/mol. The first kappa shape index (κ1) is 20.5. The van der Waals surface area contributed by atoms with Gasteiger partial charge in [0.05, 0.1) is 30.9 Å². The molecular weight excluding hydrogens is 421 g/mol. The van der Waals surface area contributed by atoms with Crippen LogP contribution in [0.2, 0.25) is 0 Å². The molecule has 1 aliphatic rings. The molecular formula is C19H17F3N4O3S. The molecule has 2 aromatic heterocycles. The molecule has 3 heterocycles. The smallest absolute Gasteiger partial charge is 0.378 e. The van der Waals surface area contributed by atoms with Crippen LogP contribution in [0.5, 0.6) is 0 Å². The Morgan fingerprint density at radius 3 is 2.53 bits per heavy atom. The van der Waals surface area contributed by atoms with Crippen molar-refractivity contribution in [2.75, 3.05) is 26.3 Å². The first-order valence-electron chi connectivity index (χ1n) is 9.19. The molecule has 1 amide bonds. The van der Waals surface area contributed by atoms with E-state index in [1.165, 1.54) is 28.0 Å². The third kappa shape index (κ3) is 4.36. The van der Waals surface area contributed by atoms with Crippen molar-refractivity contribution in [3.63, 3.8) is 0 Å². The number of morpholine rings is 1. The number of halogens is 3. The summed E-state index contributed by atoms with van der Waals surface area (Å²) < 4.78 is 44.9. The average Bonchev–Trinajstić information content (AvgIpc) is 3.10. The van der Waals surface area contributed by atoms with E-state index in [1.54, 1.807) is 10.3 Å². The number of ether oxygens (including phenoxy) is 1. The molecule has 0 bridgehead atoms. The number of aromatic nitrogens is 3. The molecule has 11 heteroatoms. The molecule has 1 aromatic carbocycles. The van der Waals surface area contributed by atoms with Gasteiger partial charge in [-0.15, -0.1) is 11.3 Å². The fourth-order valence-corrected chi connectivity index (χ4v) is 3.97. The molecule has 158 valence electrons. The first-order chi connectivity index (χ1) is 14.3. The molecule has 7 nitrogen and oxygen atoms in total. The highest BCUT2D eigenvalue weighted by atomic mass is 32.1. The van der Waals surface area contributed by atoms with E-state index in [1.807, 2.05) is 0 Å². The molecule has 0 saturated carbocycles. The number of rotatable bonds is 4. The highest BCUT2D eigenvalue weighted by molar-refractivity contribution is 7.15. The largest absolute Gasteiger partial charge is 0.416 e. The van der Waals surface area contributed by atoms with Gasteiger partial charge in [-0.25, -0.2) is 4.52 Å². The number of fused-ring (bicyclic) bond motifs is 1. The van der Waals surface area contributed by atoms with Gasteiger partial charge in [-0.1, -0.05) is 12.1 Å². The van der Waals surface area contributed by atoms with Crippen LogP contribution in [-0.2, 0) is 28.5 Å². The summed E-state index contributed by atoms with van der Waals surface area (Å²) in [6.07, 6.45) is -4.27. The maximum atomic E-state index is 12.7. The van der Waals surface area contributed by atoms with Crippen molar-refractivity contribution in [3.05, 3.63) is 62.5 Å². The molecule has 1 fully saturated rings. The van der Waals surface area contributed by atoms with Crippen LogP contribution in [0.15, 0.2) is 34.4 Å². The lowest BCUT2D eigenvalue weighted by atomic mass is 10.1. The third-order valence-electron chi connectivity index (χ3n) is 4.77. The van der Waals surface area contributed by atoms with Gasteiger partial charge in [0.15, 0.2) is 0 Å². The van der Waals surface area contributed by atoms with Crippen molar-refractivity contribution in [2.24, 2.45) is 0 Å². The number of nitrogens with zero attached hydrogens (tertiary/aromatic N) is 4. The van der Waals surface area contributed by atoms with Crippen LogP contribution in [0.1, 0.15) is 22.5 Å². The summed E-state index contributed by atoms with van der Waals surface area (Å²) in [5.41, 5.74) is -0.0806. The standard InChI is InChI=1S/C19H17F3N4O3S/c20-19(21,22)13-3-1-12(2-4-13)9-15-17(28)23-18-26(24-15)14(11-30-18)10-16(27)25-5-7-29-8-6-25/h1-4,11H,5-10H2. The predicted octanol–water partition coefficient (Wildman–Crippen LogP) is 2.16. The Morgan fingerprint density at radius 2 is 1.87 bits per heavy atom. The van der Waals surface area contributed by atoms with E-state index in [0.717, 1.165) is 12.1 Å². The van der Waals surface area contributed by atoms with Crippen LogP contribution < -0.4 is 5.56 Å². The van der Waals surface area contributed by atoms with Gasteiger partial charge in [0.2, 0.25) is 10.9 Å². The van der Waals surface area contributed by atoms with E-state index in [0.29, 0.717) is 42.5 Å². The predicted molar refractivity (Wildman–Crippen MR) is 102 cm³/mol. The van der Waals surface area contributed by atoms with Gasteiger partial charge in [0.1, 0.15) is 5.69 Å². The topological polar surface area (TPSA) is 76.8 Å². The normalized spacial score (nSPS) is 15.0. The fraction of sp³-hybridized carbons (Fsp3) is 0.368. The lowest BCUT2D eigenvalue weighted by Gasteiger charge is -2.26. The lowest BCUT2D eigenvalue weighted by Crippen LogP contribution is -2.41. The maximum Gasteiger partial charge on any atom is 0.416 e. The van der Waals surface area contributed by atoms with Gasteiger partial charge < -0.3 is 9.64 Å². The highest BCUT2D eigenvalue weighted by Gasteiger charge is 2.30. The lowest BCUT2D eigenvalue weighted by molar-refractivity contribution is -0.137. The van der Waals surface area contributed by atoms with E-state index in [9.17, 15) is 22.8 Å². The van der Waals surface area contributed by atoms with Crippen LogP contribution in [0.25, 0.3) is 4.96 Å². The maximum absolute atomic E-state index is 12.7. The van der Waals surface area contributed by atoms with Gasteiger partial charge >= 0.3 is 6.18 Å². The summed E-state index contributed by atoms with van der Waals surface area (Å²) in [5, 5.41) is 6.06. The van der Waals surface area contributed by atoms with Crippen LogP contribution >= 0.6 is 11.3 Å². The molecule has 3 aromatic rings. The van der Waals surface area contributed by atoms with Crippen LogP contribution in [0.4, 0.5) is 13.2 Å². The van der Waals surface area contributed by atoms with Crippen LogP contribution in [0, 0.1) is 0 Å². The Labute approximate surface area is 172 Å². The molecule has 0 unspecified atom stereocenters. The zero-order valence-corrected chi connectivity index (χ0v) is 16.5. The summed E-state index contributed by atoms with van der Waals surface area (Å²) in [6.45, 7) is 2.06. The fourth-order valence-electron chi connectivity index (χ4n) is 3.15. The Morgan fingerprint density at radius 1 is 1.17 bits per heavy atom. The second-order valence-electron chi connectivity index (χ2n) is 6.83. The number of carbonyl (C=O) groups is 1. The first-order valence-corrected chi connectivity index (χ1v) is 10.1. The van der Waals surface area contributed by atoms with Crippen molar-refractivity contribution in [2.45, 2.75) is 19.0 Å². The number of carbonyl (C=O) groups excluding carboxylic acids is 1. The van der Waals surface area contributed by atoms with Crippen molar-refractivity contribution in [3.8, 4) is 0 Å². The summed E-state index contributed by atoms with van der Waals surface area (Å²) in [6, 6.07) is 4.57. The van der Waals surface area contributed by atoms with E-state index >= 15 is 0 Å². The summed E-state index contributed by atoms with van der Waals surface area (Å²) in [7, 11) is 0. The quantitative estimate of drug-likeness (QED) is 0.624. The minimum absolute atomic E-state index is 0.0413. The Bertz CT molecular complexity index is 1120. The molecule has 4 rings (SSSR count). The summed E-state index contributed by atoms with van der Waals surface area (Å²) >= 11 is 1.21. The van der Waals surface area contributed by atoms with Gasteiger partial charge in [-0.05, 0) is 17.7 Å². The number of amides is 1. The Hall–Kier alpha value is -2.79. The molecule has 1 saturated heterocycles. The summed E-state index contributed by atoms with van der Waals surface area (Å²) in [4.78, 5) is 30.9. The van der Waals surface area contributed by atoms with E-state index in [4.69, 9.17) is 4.74 Å². The second kappa shape index (κ2) is 8.15. The third-order valence-corrected chi connectivity index (χ3v) is 5.63. The SMILES string of the molecule is O=C(Cc1csc2nc(=O)c(Cc3ccc(C(F)(F)F)cc3)nn12)N1CCOCC1. The Balaban J connectivity index is 1.57. The molecule has 30 heavy (non-hydrogen) atoms. The number of thiazole rings is 1. The number of alkyl halides is 3. The zero-order valence-electron chi connectivity index (χ0n) is 15.7. The molecule has 0 atom stereocenters. The van der Waals surface area contributed by atoms with Gasteiger partial charge in [-0.2, -0.15) is 23.3 Å². The number of hydrogen-bond acceptors (Lipinski definition) is 6. The van der Waals surface area contributed by atoms with Gasteiger partial charge in [0, 0.05) is 24.9 Å². The van der Waals surface area contributed by atoms with Crippen molar-refractivity contribution in [1.82, 2.24) is 19.5 Å². The second-order valence-corrected chi connectivity index (χ2v) is 7.66. The molecule has 0 spiro atoms. The molecule has 1 aliphatic heterocycles. The van der Waals surface area contributed by atoms with Crippen molar-refractivity contribution in [1.29, 1.82) is 0 Å². The summed E-state index contributed by atoms with van der Waals surface area (Å²) in [5.74, 6) is -0.0669. The number of hydrogen-bond donors (Lipinski definition) is 0. The van der Waals surface area contributed by atoms with Gasteiger partial charge in [-0.3, -0.25) is 9.59 Å². The average molecular weight is 438 g/mol. The molecule has 0 aliphatic carbocycles. The number of benzene rings is 1. The highest BCUT2D eigenvalue weighted by Crippen LogP contribution is 2.29. The molecule has 0 radical (unpaired) electrons. The van der Waals surface area contributed by atoms with Crippen LogP contribution in [0.3, 0.4) is 0 Å². The Kier molecular flexibility index (Phi) is 5.56.